The van der Waals surface area contributed by atoms with Crippen LogP contribution in [-0.2, 0) is 32.0 Å². The van der Waals surface area contributed by atoms with E-state index in [-0.39, 0.29) is 38.1 Å². The third-order valence-electron chi connectivity index (χ3n) is 7.92. The molecule has 14 heteroatoms. The fourth-order valence-corrected chi connectivity index (χ4v) is 5.65. The fourth-order valence-electron chi connectivity index (χ4n) is 5.65. The number of nitrogens with one attached hydrogen (secondary N) is 2. The van der Waals surface area contributed by atoms with Crippen LogP contribution in [0.15, 0.2) is 59.8 Å². The van der Waals surface area contributed by atoms with Crippen molar-refractivity contribution in [3.63, 3.8) is 0 Å². The summed E-state index contributed by atoms with van der Waals surface area (Å²) >= 11 is 0. The molecule has 2 atom stereocenters. The van der Waals surface area contributed by atoms with Crippen molar-refractivity contribution >= 4 is 29.5 Å². The lowest BCUT2D eigenvalue weighted by Gasteiger charge is -2.41. The third kappa shape index (κ3) is 9.07. The summed E-state index contributed by atoms with van der Waals surface area (Å²) in [5.41, 5.74) is -2.21. The summed E-state index contributed by atoms with van der Waals surface area (Å²) in [7, 11) is 0. The van der Waals surface area contributed by atoms with E-state index >= 15 is 0 Å². The second-order valence-electron chi connectivity index (χ2n) is 13.4. The molecule has 4 rings (SSSR count). The molecule has 0 aliphatic carbocycles. The van der Waals surface area contributed by atoms with Gasteiger partial charge in [0.25, 0.3) is 5.91 Å². The van der Waals surface area contributed by atoms with Gasteiger partial charge in [0.1, 0.15) is 29.1 Å². The van der Waals surface area contributed by atoms with Crippen molar-refractivity contribution < 1.29 is 37.1 Å². The van der Waals surface area contributed by atoms with Crippen LogP contribution in [0, 0.1) is 5.41 Å². The number of aromatic nitrogens is 1. The minimum Gasteiger partial charge on any atom is -0.444 e. The standard InChI is InChI=1S/C33H41F3N6O5/c1-30(2,3)47-29(46)39-31(4,5)27(44)38-24(15-14-22-11-7-6-8-12-22)26(43)41-18-16-25-32(20-41,19-23-13-9-10-17-37-23)28(45)42(40-25)21-33(34,35)36/h6-13,17,24H,14-16,18-21H2,1-5H3,(H,38,44)(H,39,46)/t24-,32-/m1/s1. The van der Waals surface area contributed by atoms with Gasteiger partial charge in [0, 0.05) is 37.8 Å². The van der Waals surface area contributed by atoms with Crippen LogP contribution in [-0.4, -0.2) is 87.4 Å². The SMILES string of the molecule is CC(C)(C)OC(=O)NC(C)(C)C(=O)N[C@H](CCc1ccccc1)C(=O)N1CCC2=NN(CC(F)(F)F)C(=O)[C@]2(Cc2ccccn2)C1. The number of hydrazone groups is 1. The number of halogens is 3. The Hall–Kier alpha value is -4.49. The molecule has 1 aromatic carbocycles. The Morgan fingerprint density at radius 3 is 2.32 bits per heavy atom. The van der Waals surface area contributed by atoms with Crippen molar-refractivity contribution in [3.8, 4) is 0 Å². The molecule has 2 aliphatic rings. The van der Waals surface area contributed by atoms with Gasteiger partial charge in [-0.2, -0.15) is 18.3 Å². The van der Waals surface area contributed by atoms with Crippen molar-refractivity contribution in [1.82, 2.24) is 25.5 Å². The highest BCUT2D eigenvalue weighted by molar-refractivity contribution is 6.14. The number of carbonyl (C=O) groups is 4. The number of nitrogens with zero attached hydrogens (tertiary/aromatic N) is 4. The summed E-state index contributed by atoms with van der Waals surface area (Å²) in [5.74, 6) is -2.02. The highest BCUT2D eigenvalue weighted by Crippen LogP contribution is 2.39. The van der Waals surface area contributed by atoms with E-state index in [1.807, 2.05) is 30.3 Å². The number of hydrogen-bond donors (Lipinski definition) is 2. The van der Waals surface area contributed by atoms with Crippen molar-refractivity contribution in [2.75, 3.05) is 19.6 Å². The number of pyridine rings is 1. The van der Waals surface area contributed by atoms with Crippen LogP contribution in [0.4, 0.5) is 18.0 Å². The van der Waals surface area contributed by atoms with Crippen molar-refractivity contribution in [2.24, 2.45) is 10.5 Å². The van der Waals surface area contributed by atoms with Crippen LogP contribution in [0.5, 0.6) is 0 Å². The molecule has 2 aliphatic heterocycles. The maximum atomic E-state index is 14.2. The number of amides is 4. The number of fused-ring (bicyclic) bond motifs is 1. The number of likely N-dealkylation sites (tertiary alicyclic amines) is 1. The van der Waals surface area contributed by atoms with E-state index in [0.717, 1.165) is 5.56 Å². The van der Waals surface area contributed by atoms with Crippen LogP contribution < -0.4 is 10.6 Å². The first-order valence-electron chi connectivity index (χ1n) is 15.4. The molecule has 4 amide bonds. The van der Waals surface area contributed by atoms with E-state index in [2.05, 4.69) is 20.7 Å². The zero-order valence-electron chi connectivity index (χ0n) is 27.2. The summed E-state index contributed by atoms with van der Waals surface area (Å²) in [6.45, 7) is 6.28. The highest BCUT2D eigenvalue weighted by Gasteiger charge is 2.56. The van der Waals surface area contributed by atoms with Crippen LogP contribution in [0.2, 0.25) is 0 Å². The van der Waals surface area contributed by atoms with Crippen molar-refractivity contribution in [1.29, 1.82) is 0 Å². The third-order valence-corrected chi connectivity index (χ3v) is 7.92. The molecule has 0 bridgehead atoms. The van der Waals surface area contributed by atoms with Gasteiger partial charge in [-0.3, -0.25) is 19.4 Å². The summed E-state index contributed by atoms with van der Waals surface area (Å²) in [6.07, 6.45) is -3.38. The maximum absolute atomic E-state index is 14.2. The second-order valence-corrected chi connectivity index (χ2v) is 13.4. The number of piperidine rings is 1. The molecule has 0 unspecified atom stereocenters. The zero-order chi connectivity index (χ0) is 34.6. The van der Waals surface area contributed by atoms with Crippen molar-refractivity contribution in [3.05, 3.63) is 66.0 Å². The number of benzene rings is 1. The molecule has 0 saturated carbocycles. The van der Waals surface area contributed by atoms with Gasteiger partial charge in [-0.15, -0.1) is 0 Å². The summed E-state index contributed by atoms with van der Waals surface area (Å²) in [5, 5.41) is 9.84. The van der Waals surface area contributed by atoms with Gasteiger partial charge >= 0.3 is 12.3 Å². The molecule has 3 heterocycles. The van der Waals surface area contributed by atoms with Crippen LogP contribution in [0.3, 0.4) is 0 Å². The molecule has 0 radical (unpaired) electrons. The zero-order valence-corrected chi connectivity index (χ0v) is 27.2. The van der Waals surface area contributed by atoms with Gasteiger partial charge in [-0.1, -0.05) is 36.4 Å². The van der Waals surface area contributed by atoms with Crippen molar-refractivity contribution in [2.45, 2.75) is 83.7 Å². The number of rotatable bonds is 10. The molecule has 1 saturated heterocycles. The molecular formula is C33H41F3N6O5. The predicted molar refractivity (Wildman–Crippen MR) is 167 cm³/mol. The van der Waals surface area contributed by atoms with Gasteiger partial charge in [0.2, 0.25) is 11.8 Å². The number of alkyl halides is 3. The second kappa shape index (κ2) is 13.7. The number of alkyl carbamates (subject to hydrolysis) is 1. The first-order chi connectivity index (χ1) is 21.9. The molecule has 1 aromatic heterocycles. The van der Waals surface area contributed by atoms with Gasteiger partial charge in [-0.25, -0.2) is 9.80 Å². The molecule has 47 heavy (non-hydrogen) atoms. The quantitative estimate of drug-likeness (QED) is 0.396. The van der Waals surface area contributed by atoms with Gasteiger partial charge in [0.15, 0.2) is 0 Å². The van der Waals surface area contributed by atoms with Gasteiger partial charge in [-0.05, 0) is 65.2 Å². The van der Waals surface area contributed by atoms with Crippen LogP contribution >= 0.6 is 0 Å². The Bertz CT molecular complexity index is 1490. The van der Waals surface area contributed by atoms with Gasteiger partial charge < -0.3 is 20.3 Å². The lowest BCUT2D eigenvalue weighted by atomic mass is 9.74. The Labute approximate surface area is 271 Å². The van der Waals surface area contributed by atoms with E-state index in [1.165, 1.54) is 24.9 Å². The number of carbonyl (C=O) groups excluding carboxylic acids is 4. The Balaban J connectivity index is 1.60. The van der Waals surface area contributed by atoms with Crippen LogP contribution in [0.1, 0.15) is 58.7 Å². The minimum atomic E-state index is -4.68. The number of ether oxygens (including phenoxy) is 1. The Kier molecular flexibility index (Phi) is 10.3. The van der Waals surface area contributed by atoms with Gasteiger partial charge in [0.05, 0.1) is 5.71 Å². The van der Waals surface area contributed by atoms with E-state index in [9.17, 15) is 32.3 Å². The average molecular weight is 659 g/mol. The lowest BCUT2D eigenvalue weighted by Crippen LogP contribution is -2.62. The molecule has 1 fully saturated rings. The first kappa shape index (κ1) is 35.4. The highest BCUT2D eigenvalue weighted by atomic mass is 19.4. The molecular weight excluding hydrogens is 617 g/mol. The van der Waals surface area contributed by atoms with E-state index in [0.29, 0.717) is 17.1 Å². The number of hydrogen-bond acceptors (Lipinski definition) is 7. The topological polar surface area (TPSA) is 133 Å². The van der Waals surface area contributed by atoms with E-state index in [1.54, 1.807) is 39.0 Å². The number of aryl methyl sites for hydroxylation is 1. The predicted octanol–water partition coefficient (Wildman–Crippen LogP) is 4.02. The van der Waals surface area contributed by atoms with Crippen LogP contribution in [0.25, 0.3) is 0 Å². The molecule has 11 nitrogen and oxygen atoms in total. The fraction of sp³-hybridized carbons (Fsp3) is 0.515. The molecule has 2 N–H and O–H groups in total. The summed E-state index contributed by atoms with van der Waals surface area (Å²) in [6, 6.07) is 13.3. The lowest BCUT2D eigenvalue weighted by molar-refractivity contribution is -0.164. The minimum absolute atomic E-state index is 0.0580. The molecule has 0 spiro atoms. The smallest absolute Gasteiger partial charge is 0.408 e. The molecule has 254 valence electrons. The Morgan fingerprint density at radius 2 is 1.70 bits per heavy atom. The first-order valence-corrected chi connectivity index (χ1v) is 15.4. The van der Waals surface area contributed by atoms with E-state index < -0.39 is 59.1 Å². The Morgan fingerprint density at radius 1 is 1.02 bits per heavy atom. The largest absolute Gasteiger partial charge is 0.444 e. The van der Waals surface area contributed by atoms with E-state index in [4.69, 9.17) is 4.74 Å². The maximum Gasteiger partial charge on any atom is 0.408 e. The molecule has 2 aromatic rings. The summed E-state index contributed by atoms with van der Waals surface area (Å²) in [4.78, 5) is 59.7. The monoisotopic (exact) mass is 658 g/mol. The average Bonchev–Trinajstić information content (AvgIpc) is 3.23. The normalized spacial score (nSPS) is 19.1. The summed E-state index contributed by atoms with van der Waals surface area (Å²) < 4.78 is 45.5.